The molecule has 108 valence electrons. The molecule has 0 aliphatic heterocycles. The van der Waals surface area contributed by atoms with Crippen LogP contribution in [0.5, 0.6) is 11.5 Å². The molecule has 0 saturated heterocycles. The van der Waals surface area contributed by atoms with E-state index in [0.29, 0.717) is 6.61 Å². The van der Waals surface area contributed by atoms with Crippen LogP contribution >= 0.6 is 0 Å². The summed E-state index contributed by atoms with van der Waals surface area (Å²) in [5, 5.41) is 3.47. The Morgan fingerprint density at radius 3 is 2.37 bits per heavy atom. The zero-order valence-electron chi connectivity index (χ0n) is 12.9. The van der Waals surface area contributed by atoms with Gasteiger partial charge in [-0.15, -0.1) is 0 Å². The topological polar surface area (TPSA) is 30.5 Å². The normalized spacial score (nSPS) is 11.4. The third-order valence-electron chi connectivity index (χ3n) is 2.59. The maximum Gasteiger partial charge on any atom is 0.161 e. The molecular formula is C16H27NO2. The van der Waals surface area contributed by atoms with Gasteiger partial charge in [-0.2, -0.15) is 0 Å². The second kappa shape index (κ2) is 7.39. The second-order valence-corrected chi connectivity index (χ2v) is 5.67. The molecule has 3 nitrogen and oxygen atoms in total. The highest BCUT2D eigenvalue weighted by Crippen LogP contribution is 2.28. The SMILES string of the molecule is CCCOc1ccc(CNC(C)(C)C)cc1OCC. The Morgan fingerprint density at radius 2 is 1.79 bits per heavy atom. The van der Waals surface area contributed by atoms with Gasteiger partial charge in [-0.1, -0.05) is 13.0 Å². The standard InChI is InChI=1S/C16H27NO2/c1-6-10-19-14-9-8-13(11-15(14)18-7-2)12-17-16(3,4)5/h8-9,11,17H,6-7,10,12H2,1-5H3. The summed E-state index contributed by atoms with van der Waals surface area (Å²) in [7, 11) is 0. The molecule has 0 spiro atoms. The van der Waals surface area contributed by atoms with Crippen molar-refractivity contribution < 1.29 is 9.47 Å². The van der Waals surface area contributed by atoms with Gasteiger partial charge in [0, 0.05) is 12.1 Å². The Balaban J connectivity index is 2.77. The van der Waals surface area contributed by atoms with Crippen molar-refractivity contribution >= 4 is 0 Å². The Labute approximate surface area is 117 Å². The molecule has 1 aromatic carbocycles. The molecule has 0 unspecified atom stereocenters. The van der Waals surface area contributed by atoms with Crippen molar-refractivity contribution in [3.63, 3.8) is 0 Å². The van der Waals surface area contributed by atoms with E-state index < -0.39 is 0 Å². The number of hydrogen-bond acceptors (Lipinski definition) is 3. The van der Waals surface area contributed by atoms with Crippen LogP contribution < -0.4 is 14.8 Å². The molecule has 1 rings (SSSR count). The highest BCUT2D eigenvalue weighted by Gasteiger charge is 2.10. The van der Waals surface area contributed by atoms with E-state index in [1.54, 1.807) is 0 Å². The first-order chi connectivity index (χ1) is 8.96. The Hall–Kier alpha value is -1.22. The van der Waals surface area contributed by atoms with Gasteiger partial charge in [-0.05, 0) is 51.8 Å². The first-order valence-electron chi connectivity index (χ1n) is 7.09. The van der Waals surface area contributed by atoms with Crippen LogP contribution in [0.15, 0.2) is 18.2 Å². The second-order valence-electron chi connectivity index (χ2n) is 5.67. The van der Waals surface area contributed by atoms with Gasteiger partial charge >= 0.3 is 0 Å². The molecule has 1 N–H and O–H groups in total. The zero-order chi connectivity index (χ0) is 14.3. The van der Waals surface area contributed by atoms with Crippen molar-refractivity contribution in [3.8, 4) is 11.5 Å². The number of ether oxygens (including phenoxy) is 2. The summed E-state index contributed by atoms with van der Waals surface area (Å²) < 4.78 is 11.3. The molecule has 1 aromatic rings. The van der Waals surface area contributed by atoms with Gasteiger partial charge < -0.3 is 14.8 Å². The molecule has 0 bridgehead atoms. The van der Waals surface area contributed by atoms with E-state index in [4.69, 9.17) is 9.47 Å². The molecule has 0 amide bonds. The molecule has 0 saturated carbocycles. The van der Waals surface area contributed by atoms with Crippen molar-refractivity contribution in [2.24, 2.45) is 0 Å². The predicted molar refractivity (Wildman–Crippen MR) is 80.0 cm³/mol. The fourth-order valence-electron chi connectivity index (χ4n) is 1.63. The molecule has 0 atom stereocenters. The van der Waals surface area contributed by atoms with Crippen LogP contribution in [0.3, 0.4) is 0 Å². The van der Waals surface area contributed by atoms with Crippen LogP contribution in [0.4, 0.5) is 0 Å². The Morgan fingerprint density at radius 1 is 1.05 bits per heavy atom. The maximum absolute atomic E-state index is 5.69. The fourth-order valence-corrected chi connectivity index (χ4v) is 1.63. The number of rotatable bonds is 7. The van der Waals surface area contributed by atoms with E-state index in [2.05, 4.69) is 45.1 Å². The lowest BCUT2D eigenvalue weighted by Gasteiger charge is -2.21. The molecule has 19 heavy (non-hydrogen) atoms. The minimum Gasteiger partial charge on any atom is -0.490 e. The molecule has 0 aliphatic carbocycles. The average molecular weight is 265 g/mol. The summed E-state index contributed by atoms with van der Waals surface area (Å²) in [6.07, 6.45) is 0.999. The number of benzene rings is 1. The highest BCUT2D eigenvalue weighted by molar-refractivity contribution is 5.43. The van der Waals surface area contributed by atoms with Crippen molar-refractivity contribution in [2.75, 3.05) is 13.2 Å². The van der Waals surface area contributed by atoms with Crippen LogP contribution in [0.25, 0.3) is 0 Å². The number of nitrogens with one attached hydrogen (secondary N) is 1. The first-order valence-corrected chi connectivity index (χ1v) is 7.09. The molecule has 0 heterocycles. The summed E-state index contributed by atoms with van der Waals surface area (Å²) in [6, 6.07) is 6.15. The smallest absolute Gasteiger partial charge is 0.161 e. The summed E-state index contributed by atoms with van der Waals surface area (Å²) in [5.74, 6) is 1.67. The van der Waals surface area contributed by atoms with Crippen LogP contribution in [-0.4, -0.2) is 18.8 Å². The van der Waals surface area contributed by atoms with Gasteiger partial charge in [0.15, 0.2) is 11.5 Å². The molecule has 0 aliphatic rings. The summed E-state index contributed by atoms with van der Waals surface area (Å²) >= 11 is 0. The lowest BCUT2D eigenvalue weighted by molar-refractivity contribution is 0.276. The molecule has 0 aromatic heterocycles. The van der Waals surface area contributed by atoms with Crippen LogP contribution in [-0.2, 0) is 6.54 Å². The summed E-state index contributed by atoms with van der Waals surface area (Å²) in [5.41, 5.74) is 1.32. The molecule has 0 radical (unpaired) electrons. The van der Waals surface area contributed by atoms with Gasteiger partial charge in [0.25, 0.3) is 0 Å². The zero-order valence-corrected chi connectivity index (χ0v) is 12.9. The Kier molecular flexibility index (Phi) is 6.16. The van der Waals surface area contributed by atoms with Crippen LogP contribution in [0.2, 0.25) is 0 Å². The van der Waals surface area contributed by atoms with Gasteiger partial charge in [0.05, 0.1) is 13.2 Å². The summed E-state index contributed by atoms with van der Waals surface area (Å²) in [4.78, 5) is 0. The van der Waals surface area contributed by atoms with Gasteiger partial charge in [-0.25, -0.2) is 0 Å². The van der Waals surface area contributed by atoms with Crippen LogP contribution in [0, 0.1) is 0 Å². The van der Waals surface area contributed by atoms with Crippen LogP contribution in [0.1, 0.15) is 46.6 Å². The van der Waals surface area contributed by atoms with E-state index in [1.165, 1.54) is 5.56 Å². The van der Waals surface area contributed by atoms with Crippen molar-refractivity contribution in [2.45, 2.75) is 53.1 Å². The average Bonchev–Trinajstić information content (AvgIpc) is 2.35. The largest absolute Gasteiger partial charge is 0.490 e. The van der Waals surface area contributed by atoms with E-state index >= 15 is 0 Å². The monoisotopic (exact) mass is 265 g/mol. The van der Waals surface area contributed by atoms with Gasteiger partial charge in [0.2, 0.25) is 0 Å². The minimum absolute atomic E-state index is 0.114. The van der Waals surface area contributed by atoms with Crippen molar-refractivity contribution in [1.82, 2.24) is 5.32 Å². The van der Waals surface area contributed by atoms with E-state index in [9.17, 15) is 0 Å². The van der Waals surface area contributed by atoms with E-state index in [-0.39, 0.29) is 5.54 Å². The van der Waals surface area contributed by atoms with Crippen molar-refractivity contribution in [1.29, 1.82) is 0 Å². The molecule has 0 fully saturated rings. The number of hydrogen-bond donors (Lipinski definition) is 1. The first kappa shape index (κ1) is 15.8. The Bertz CT molecular complexity index is 383. The fraction of sp³-hybridized carbons (Fsp3) is 0.625. The third kappa shape index (κ3) is 5.97. The molecular weight excluding hydrogens is 238 g/mol. The van der Waals surface area contributed by atoms with Gasteiger partial charge in [0.1, 0.15) is 0 Å². The maximum atomic E-state index is 5.69. The van der Waals surface area contributed by atoms with E-state index in [0.717, 1.165) is 31.1 Å². The lowest BCUT2D eigenvalue weighted by Crippen LogP contribution is -2.35. The van der Waals surface area contributed by atoms with E-state index in [1.807, 2.05) is 13.0 Å². The molecule has 3 heteroatoms. The highest BCUT2D eigenvalue weighted by atomic mass is 16.5. The lowest BCUT2D eigenvalue weighted by atomic mass is 10.1. The van der Waals surface area contributed by atoms with Crippen molar-refractivity contribution in [3.05, 3.63) is 23.8 Å². The minimum atomic E-state index is 0.114. The third-order valence-corrected chi connectivity index (χ3v) is 2.59. The quantitative estimate of drug-likeness (QED) is 0.814. The summed E-state index contributed by atoms with van der Waals surface area (Å²) in [6.45, 7) is 12.8. The predicted octanol–water partition coefficient (Wildman–Crippen LogP) is 3.76. The van der Waals surface area contributed by atoms with Gasteiger partial charge in [-0.3, -0.25) is 0 Å².